The second-order valence-corrected chi connectivity index (χ2v) is 19.2. The average Bonchev–Trinajstić information content (AvgIpc) is 3.01. The molecule has 0 aromatic heterocycles. The molecule has 0 spiro atoms. The van der Waals surface area contributed by atoms with Crippen LogP contribution in [0.1, 0.15) is 127 Å². The molecule has 230 valence electrons. The van der Waals surface area contributed by atoms with E-state index in [0.29, 0.717) is 0 Å². The van der Waals surface area contributed by atoms with Gasteiger partial charge >= 0.3 is 0 Å². The smallest absolute Gasteiger partial charge is 0.139 e. The summed E-state index contributed by atoms with van der Waals surface area (Å²) in [5.74, 6) is 2.07. The van der Waals surface area contributed by atoms with Crippen molar-refractivity contribution in [3.8, 4) is 11.5 Å². The third-order valence-electron chi connectivity index (χ3n) is 10.0. The zero-order valence-corrected chi connectivity index (χ0v) is 28.5. The number of ether oxygens (including phenoxy) is 1. The third kappa shape index (κ3) is 6.27. The van der Waals surface area contributed by atoms with Gasteiger partial charge in [0.25, 0.3) is 0 Å². The van der Waals surface area contributed by atoms with Crippen molar-refractivity contribution in [1.82, 2.24) is 4.72 Å². The van der Waals surface area contributed by atoms with Crippen LogP contribution in [0.3, 0.4) is 0 Å². The van der Waals surface area contributed by atoms with Gasteiger partial charge in [0, 0.05) is 27.4 Å². The fraction of sp³-hybridized carbons (Fsp3) is 0.526. The first-order valence-electron chi connectivity index (χ1n) is 16.6. The molecule has 5 heteroatoms. The Labute approximate surface area is 263 Å². The highest BCUT2D eigenvalue weighted by atomic mass is 32.2. The quantitative estimate of drug-likeness (QED) is 0.269. The van der Waals surface area contributed by atoms with Crippen LogP contribution >= 0.6 is 7.92 Å². The summed E-state index contributed by atoms with van der Waals surface area (Å²) in [5, 5.41) is 1.50. The van der Waals surface area contributed by atoms with E-state index in [-0.39, 0.29) is 19.4 Å². The summed E-state index contributed by atoms with van der Waals surface area (Å²) in [7, 11) is -1.58. The standard InChI is InChI=1S/C38H50NO2PS/c1-37(2,3)43(40)39-34(27-17-9-6-10-18-27)30-23-15-24-31-35(30)41-36-32(38(31,4)5)25-16-26-33(36)42(28-19-11-7-12-20-28)29-21-13-8-14-22-29/h6,9-10,15-18,23-26,28-29,34,39H,7-8,11-14,19-22H2,1-5H3/t34-,43?/m0/s1. The molecule has 2 saturated carbocycles. The van der Waals surface area contributed by atoms with E-state index >= 15 is 0 Å². The maximum atomic E-state index is 13.6. The second-order valence-electron chi connectivity index (χ2n) is 14.4. The largest absolute Gasteiger partial charge is 0.456 e. The minimum atomic E-state index is -1.25. The summed E-state index contributed by atoms with van der Waals surface area (Å²) in [6, 6.07) is 23.8. The molecular weight excluding hydrogens is 565 g/mol. The van der Waals surface area contributed by atoms with Crippen molar-refractivity contribution in [3.63, 3.8) is 0 Å². The molecule has 3 aliphatic rings. The normalized spacial score (nSPS) is 20.6. The van der Waals surface area contributed by atoms with E-state index in [9.17, 15) is 4.21 Å². The highest BCUT2D eigenvalue weighted by Gasteiger charge is 2.41. The van der Waals surface area contributed by atoms with Gasteiger partial charge < -0.3 is 4.74 Å². The van der Waals surface area contributed by atoms with Crippen molar-refractivity contribution < 1.29 is 8.95 Å². The van der Waals surface area contributed by atoms with Crippen molar-refractivity contribution in [2.45, 2.75) is 126 Å². The summed E-state index contributed by atoms with van der Waals surface area (Å²) in [6.07, 6.45) is 13.8. The number of rotatable bonds is 7. The van der Waals surface area contributed by atoms with E-state index in [1.54, 1.807) is 0 Å². The predicted molar refractivity (Wildman–Crippen MR) is 185 cm³/mol. The lowest BCUT2D eigenvalue weighted by atomic mass is 9.74. The van der Waals surface area contributed by atoms with Gasteiger partial charge in [-0.25, -0.2) is 8.93 Å². The van der Waals surface area contributed by atoms with Crippen molar-refractivity contribution in [2.24, 2.45) is 0 Å². The Morgan fingerprint density at radius 3 is 1.91 bits per heavy atom. The minimum Gasteiger partial charge on any atom is -0.456 e. The van der Waals surface area contributed by atoms with E-state index in [2.05, 4.69) is 79.2 Å². The SMILES string of the molecule is CC1(C)c2cccc([C@@H](NS(=O)C(C)(C)C)c3ccccc3)c2Oc2c(P(C3CCCCC3)C3CCCCC3)cccc21. The summed E-state index contributed by atoms with van der Waals surface area (Å²) in [6.45, 7) is 10.8. The number of hydrogen-bond donors (Lipinski definition) is 1. The first kappa shape index (κ1) is 31.0. The van der Waals surface area contributed by atoms with Gasteiger partial charge in [-0.3, -0.25) is 0 Å². The summed E-state index contributed by atoms with van der Waals surface area (Å²) >= 11 is 0. The molecular formula is C38H50NO2PS. The van der Waals surface area contributed by atoms with E-state index in [1.807, 2.05) is 26.8 Å². The lowest BCUT2D eigenvalue weighted by molar-refractivity contribution is 0.413. The van der Waals surface area contributed by atoms with Crippen LogP contribution < -0.4 is 14.8 Å². The number of hydrogen-bond acceptors (Lipinski definition) is 2. The Hall–Kier alpha value is -2.00. The first-order chi connectivity index (χ1) is 20.7. The van der Waals surface area contributed by atoms with Gasteiger partial charge in [0.1, 0.15) is 11.5 Å². The van der Waals surface area contributed by atoms with Crippen LogP contribution in [0, 0.1) is 0 Å². The van der Waals surface area contributed by atoms with Gasteiger partial charge in [-0.1, -0.05) is 127 Å². The molecule has 0 bridgehead atoms. The van der Waals surface area contributed by atoms with Crippen LogP contribution in [0.25, 0.3) is 0 Å². The molecule has 3 aromatic rings. The molecule has 6 rings (SSSR count). The van der Waals surface area contributed by atoms with Crippen molar-refractivity contribution in [2.75, 3.05) is 0 Å². The lowest BCUT2D eigenvalue weighted by Crippen LogP contribution is -2.37. The fourth-order valence-corrected chi connectivity index (χ4v) is 12.3. The van der Waals surface area contributed by atoms with Gasteiger partial charge in [0.15, 0.2) is 0 Å². The molecule has 3 aromatic carbocycles. The molecule has 2 aliphatic carbocycles. The van der Waals surface area contributed by atoms with Gasteiger partial charge in [-0.15, -0.1) is 0 Å². The zero-order valence-electron chi connectivity index (χ0n) is 26.8. The maximum absolute atomic E-state index is 13.6. The Kier molecular flexibility index (Phi) is 9.21. The summed E-state index contributed by atoms with van der Waals surface area (Å²) in [4.78, 5) is 0. The van der Waals surface area contributed by atoms with E-state index < -0.39 is 15.7 Å². The van der Waals surface area contributed by atoms with Gasteiger partial charge in [0.05, 0.1) is 21.8 Å². The maximum Gasteiger partial charge on any atom is 0.139 e. The lowest BCUT2D eigenvalue weighted by Gasteiger charge is -2.42. The fourth-order valence-electron chi connectivity index (χ4n) is 7.61. The zero-order chi connectivity index (χ0) is 30.2. The van der Waals surface area contributed by atoms with Crippen molar-refractivity contribution in [1.29, 1.82) is 0 Å². The van der Waals surface area contributed by atoms with E-state index in [0.717, 1.165) is 33.9 Å². The Morgan fingerprint density at radius 2 is 1.33 bits per heavy atom. The highest BCUT2D eigenvalue weighted by Crippen LogP contribution is 2.59. The number of fused-ring (bicyclic) bond motifs is 2. The molecule has 1 N–H and O–H groups in total. The van der Waals surface area contributed by atoms with Gasteiger partial charge in [-0.2, -0.15) is 0 Å². The molecule has 0 radical (unpaired) electrons. The van der Waals surface area contributed by atoms with Crippen LogP contribution in [-0.4, -0.2) is 20.3 Å². The molecule has 0 amide bonds. The molecule has 43 heavy (non-hydrogen) atoms. The monoisotopic (exact) mass is 615 g/mol. The average molecular weight is 616 g/mol. The molecule has 3 nitrogen and oxygen atoms in total. The number of nitrogens with one attached hydrogen (secondary N) is 1. The summed E-state index contributed by atoms with van der Waals surface area (Å²) in [5.41, 5.74) is 6.08. The topological polar surface area (TPSA) is 38.3 Å². The Bertz CT molecular complexity index is 1420. The molecule has 2 atom stereocenters. The molecule has 1 unspecified atom stereocenters. The van der Waals surface area contributed by atoms with E-state index in [4.69, 9.17) is 4.74 Å². The second kappa shape index (κ2) is 12.8. The predicted octanol–water partition coefficient (Wildman–Crippen LogP) is 10.0. The van der Waals surface area contributed by atoms with Crippen LogP contribution in [0.5, 0.6) is 11.5 Å². The molecule has 2 fully saturated rings. The highest BCUT2D eigenvalue weighted by molar-refractivity contribution is 7.84. The Balaban J connectivity index is 1.48. The third-order valence-corrected chi connectivity index (χ3v) is 15.1. The minimum absolute atomic E-state index is 0.209. The van der Waals surface area contributed by atoms with Crippen LogP contribution in [0.15, 0.2) is 66.7 Å². The van der Waals surface area contributed by atoms with Crippen LogP contribution in [-0.2, 0) is 16.4 Å². The van der Waals surface area contributed by atoms with Gasteiger partial charge in [0.2, 0.25) is 0 Å². The van der Waals surface area contributed by atoms with E-state index in [1.165, 1.54) is 80.6 Å². The van der Waals surface area contributed by atoms with Crippen molar-refractivity contribution in [3.05, 3.63) is 89.0 Å². The van der Waals surface area contributed by atoms with Gasteiger partial charge in [-0.05, 0) is 63.3 Å². The number of benzene rings is 3. The number of para-hydroxylation sites is 2. The van der Waals surface area contributed by atoms with Crippen LogP contribution in [0.2, 0.25) is 0 Å². The Morgan fingerprint density at radius 1 is 0.767 bits per heavy atom. The molecule has 1 heterocycles. The summed E-state index contributed by atoms with van der Waals surface area (Å²) < 4.78 is 24.0. The molecule has 0 saturated heterocycles. The van der Waals surface area contributed by atoms with Crippen molar-refractivity contribution >= 4 is 24.2 Å². The molecule has 1 aliphatic heterocycles. The van der Waals surface area contributed by atoms with Crippen LogP contribution in [0.4, 0.5) is 0 Å². The first-order valence-corrected chi connectivity index (χ1v) is 19.3.